The second kappa shape index (κ2) is 4.51. The van der Waals surface area contributed by atoms with E-state index in [2.05, 4.69) is 16.0 Å². The summed E-state index contributed by atoms with van der Waals surface area (Å²) in [7, 11) is 0. The third kappa shape index (κ3) is 1.87. The van der Waals surface area contributed by atoms with Gasteiger partial charge in [0.05, 0.1) is 22.3 Å². The molecule has 6 heteroatoms. The van der Waals surface area contributed by atoms with Crippen LogP contribution in [0, 0.1) is 18.3 Å². The highest BCUT2D eigenvalue weighted by molar-refractivity contribution is 6.31. The fraction of sp³-hybridized carbons (Fsp3) is 0.0714. The van der Waals surface area contributed by atoms with E-state index in [9.17, 15) is 0 Å². The number of rotatable bonds is 1. The first-order valence-electron chi connectivity index (χ1n) is 5.91. The monoisotopic (exact) mass is 283 g/mol. The van der Waals surface area contributed by atoms with Crippen molar-refractivity contribution in [1.29, 1.82) is 5.26 Å². The predicted octanol–water partition coefficient (Wildman–Crippen LogP) is 2.84. The number of fused-ring (bicyclic) bond motifs is 1. The van der Waals surface area contributed by atoms with Crippen LogP contribution in [0.2, 0.25) is 5.02 Å². The predicted molar refractivity (Wildman–Crippen MR) is 77.7 cm³/mol. The van der Waals surface area contributed by atoms with Crippen LogP contribution in [-0.4, -0.2) is 14.5 Å². The van der Waals surface area contributed by atoms with Crippen LogP contribution in [0.15, 0.2) is 30.5 Å². The van der Waals surface area contributed by atoms with E-state index in [4.69, 9.17) is 22.6 Å². The molecule has 0 radical (unpaired) electrons. The van der Waals surface area contributed by atoms with Crippen molar-refractivity contribution in [3.05, 3.63) is 46.6 Å². The summed E-state index contributed by atoms with van der Waals surface area (Å²) in [6.07, 6.45) is 1.55. The molecule has 2 heterocycles. The molecule has 0 bridgehead atoms. The molecule has 0 aliphatic carbocycles. The Morgan fingerprint density at radius 2 is 2.15 bits per heavy atom. The summed E-state index contributed by atoms with van der Waals surface area (Å²) in [6, 6.07) is 9.23. The molecule has 5 nitrogen and oxygen atoms in total. The third-order valence-corrected chi connectivity index (χ3v) is 3.28. The Kier molecular flexibility index (Phi) is 2.81. The highest BCUT2D eigenvalue weighted by atomic mass is 35.5. The van der Waals surface area contributed by atoms with Gasteiger partial charge >= 0.3 is 0 Å². The molecule has 0 atom stereocenters. The normalized spacial score (nSPS) is 10.7. The Balaban J connectivity index is 2.35. The SMILES string of the molecule is Cc1ccc(C#N)cc1-n1c(N)nc2cc(Cl)cnc21. The first-order valence-corrected chi connectivity index (χ1v) is 6.28. The number of nitrogens with two attached hydrogens (primary N) is 1. The number of imidazole rings is 1. The lowest BCUT2D eigenvalue weighted by Crippen LogP contribution is -2.03. The molecule has 0 saturated heterocycles. The molecule has 0 saturated carbocycles. The van der Waals surface area contributed by atoms with E-state index in [0.717, 1.165) is 11.3 Å². The highest BCUT2D eigenvalue weighted by Crippen LogP contribution is 2.26. The number of halogens is 1. The van der Waals surface area contributed by atoms with Gasteiger partial charge < -0.3 is 5.73 Å². The van der Waals surface area contributed by atoms with Crippen LogP contribution in [0.4, 0.5) is 5.95 Å². The number of hydrogen-bond donors (Lipinski definition) is 1. The Morgan fingerprint density at radius 3 is 2.90 bits per heavy atom. The molecular formula is C14H10ClN5. The lowest BCUT2D eigenvalue weighted by molar-refractivity contribution is 1.06. The molecule has 0 fully saturated rings. The molecule has 0 unspecified atom stereocenters. The van der Waals surface area contributed by atoms with E-state index in [0.29, 0.717) is 27.7 Å². The second-order valence-corrected chi connectivity index (χ2v) is 4.85. The molecule has 20 heavy (non-hydrogen) atoms. The zero-order chi connectivity index (χ0) is 14.3. The van der Waals surface area contributed by atoms with Crippen molar-refractivity contribution in [3.8, 4) is 11.8 Å². The Hall–Kier alpha value is -2.58. The summed E-state index contributed by atoms with van der Waals surface area (Å²) < 4.78 is 1.72. The van der Waals surface area contributed by atoms with E-state index < -0.39 is 0 Å². The van der Waals surface area contributed by atoms with E-state index >= 15 is 0 Å². The summed E-state index contributed by atoms with van der Waals surface area (Å²) in [5.41, 5.74) is 9.54. The van der Waals surface area contributed by atoms with Crippen LogP contribution in [0.3, 0.4) is 0 Å². The van der Waals surface area contributed by atoms with Gasteiger partial charge in [-0.05, 0) is 30.7 Å². The summed E-state index contributed by atoms with van der Waals surface area (Å²) in [4.78, 5) is 8.54. The molecule has 0 aliphatic heterocycles. The first-order chi connectivity index (χ1) is 9.60. The fourth-order valence-corrected chi connectivity index (χ4v) is 2.27. The second-order valence-electron chi connectivity index (χ2n) is 4.41. The van der Waals surface area contributed by atoms with Crippen LogP contribution < -0.4 is 5.73 Å². The molecule has 2 N–H and O–H groups in total. The van der Waals surface area contributed by atoms with Gasteiger partial charge in [-0.1, -0.05) is 17.7 Å². The standard InChI is InChI=1S/C14H10ClN5/c1-8-2-3-9(6-16)4-12(8)20-13-11(19-14(20)17)5-10(15)7-18-13/h2-5,7H,1H3,(H2,17,19). The van der Waals surface area contributed by atoms with Gasteiger partial charge in [-0.25, -0.2) is 9.97 Å². The Bertz CT molecular complexity index is 860. The number of nitrogens with zero attached hydrogens (tertiary/aromatic N) is 4. The van der Waals surface area contributed by atoms with Gasteiger partial charge in [0.1, 0.15) is 5.52 Å². The van der Waals surface area contributed by atoms with Gasteiger partial charge in [0, 0.05) is 6.20 Å². The van der Waals surface area contributed by atoms with Crippen LogP contribution in [0.5, 0.6) is 0 Å². The molecule has 0 aliphatic rings. The lowest BCUT2D eigenvalue weighted by atomic mass is 10.1. The molecule has 2 aromatic heterocycles. The van der Waals surface area contributed by atoms with Gasteiger partial charge in [0.15, 0.2) is 5.65 Å². The van der Waals surface area contributed by atoms with Gasteiger partial charge in [-0.15, -0.1) is 0 Å². The topological polar surface area (TPSA) is 80.5 Å². The maximum absolute atomic E-state index is 9.03. The Morgan fingerprint density at radius 1 is 1.35 bits per heavy atom. The summed E-state index contributed by atoms with van der Waals surface area (Å²) in [5, 5.41) is 9.53. The minimum absolute atomic E-state index is 0.313. The summed E-state index contributed by atoms with van der Waals surface area (Å²) >= 11 is 5.91. The number of anilines is 1. The van der Waals surface area contributed by atoms with Gasteiger partial charge in [-0.2, -0.15) is 5.26 Å². The van der Waals surface area contributed by atoms with Crippen molar-refractivity contribution in [2.45, 2.75) is 6.92 Å². The third-order valence-electron chi connectivity index (χ3n) is 3.07. The molecular weight excluding hydrogens is 274 g/mol. The van der Waals surface area contributed by atoms with Crippen LogP contribution >= 0.6 is 11.6 Å². The zero-order valence-electron chi connectivity index (χ0n) is 10.6. The maximum Gasteiger partial charge on any atom is 0.207 e. The average molecular weight is 284 g/mol. The molecule has 0 amide bonds. The molecule has 1 aromatic carbocycles. The lowest BCUT2D eigenvalue weighted by Gasteiger charge is -2.09. The molecule has 0 spiro atoms. The van der Waals surface area contributed by atoms with Crippen molar-refractivity contribution in [2.24, 2.45) is 0 Å². The van der Waals surface area contributed by atoms with Crippen molar-refractivity contribution in [1.82, 2.24) is 14.5 Å². The largest absolute Gasteiger partial charge is 0.369 e. The van der Waals surface area contributed by atoms with E-state index in [1.165, 1.54) is 0 Å². The highest BCUT2D eigenvalue weighted by Gasteiger charge is 2.14. The van der Waals surface area contributed by atoms with Gasteiger partial charge in [0.25, 0.3) is 0 Å². The number of benzene rings is 1. The quantitative estimate of drug-likeness (QED) is 0.744. The zero-order valence-corrected chi connectivity index (χ0v) is 11.4. The number of pyridine rings is 1. The minimum atomic E-state index is 0.313. The van der Waals surface area contributed by atoms with E-state index in [1.54, 1.807) is 29.0 Å². The summed E-state index contributed by atoms with van der Waals surface area (Å²) in [5.74, 6) is 0.313. The smallest absolute Gasteiger partial charge is 0.207 e. The van der Waals surface area contributed by atoms with Gasteiger partial charge in [-0.3, -0.25) is 4.57 Å². The van der Waals surface area contributed by atoms with Crippen molar-refractivity contribution >= 4 is 28.7 Å². The van der Waals surface area contributed by atoms with Gasteiger partial charge in [0.2, 0.25) is 5.95 Å². The number of nitriles is 1. The summed E-state index contributed by atoms with van der Waals surface area (Å²) in [6.45, 7) is 1.94. The van der Waals surface area contributed by atoms with Crippen molar-refractivity contribution < 1.29 is 0 Å². The molecule has 98 valence electrons. The number of aromatic nitrogens is 3. The maximum atomic E-state index is 9.03. The van der Waals surface area contributed by atoms with Crippen LogP contribution in [0.25, 0.3) is 16.9 Å². The fourth-order valence-electron chi connectivity index (χ4n) is 2.12. The number of aryl methyl sites for hydroxylation is 1. The first kappa shape index (κ1) is 12.5. The minimum Gasteiger partial charge on any atom is -0.369 e. The molecule has 3 aromatic rings. The van der Waals surface area contributed by atoms with Crippen LogP contribution in [-0.2, 0) is 0 Å². The number of hydrogen-bond acceptors (Lipinski definition) is 4. The van der Waals surface area contributed by atoms with Crippen LogP contribution in [0.1, 0.15) is 11.1 Å². The van der Waals surface area contributed by atoms with Crippen molar-refractivity contribution in [3.63, 3.8) is 0 Å². The van der Waals surface area contributed by atoms with E-state index in [1.807, 2.05) is 13.0 Å². The molecule has 3 rings (SSSR count). The Labute approximate surface area is 120 Å². The number of nitrogen functional groups attached to an aromatic ring is 1. The van der Waals surface area contributed by atoms with E-state index in [-0.39, 0.29) is 0 Å². The average Bonchev–Trinajstić information content (AvgIpc) is 2.74. The van der Waals surface area contributed by atoms with Crippen molar-refractivity contribution in [2.75, 3.05) is 5.73 Å².